The van der Waals surface area contributed by atoms with Crippen molar-refractivity contribution in [3.63, 3.8) is 0 Å². The average Bonchev–Trinajstić information content (AvgIpc) is 2.04. The van der Waals surface area contributed by atoms with E-state index in [-0.39, 0.29) is 5.75 Å². The average molecular weight is 183 g/mol. The molecule has 0 saturated carbocycles. The predicted molar refractivity (Wildman–Crippen MR) is 50.2 cm³/mol. The van der Waals surface area contributed by atoms with Gasteiger partial charge in [-0.05, 0) is 31.5 Å². The van der Waals surface area contributed by atoms with Crippen LogP contribution >= 0.6 is 0 Å². The van der Waals surface area contributed by atoms with Crippen LogP contribution in [0.1, 0.15) is 19.4 Å². The Labute approximate surface area is 77.2 Å². The zero-order valence-corrected chi connectivity index (χ0v) is 7.79. The monoisotopic (exact) mass is 183 g/mol. The zero-order chi connectivity index (χ0) is 10.1. The Hall–Kier alpha value is -1.09. The maximum absolute atomic E-state index is 13.9. The van der Waals surface area contributed by atoms with E-state index in [0.717, 1.165) is 0 Å². The van der Waals surface area contributed by atoms with Crippen LogP contribution < -0.4 is 5.73 Å². The van der Waals surface area contributed by atoms with Crippen LogP contribution in [0.15, 0.2) is 24.3 Å². The number of hydrogen-bond acceptors (Lipinski definition) is 2. The van der Waals surface area contributed by atoms with Crippen molar-refractivity contribution >= 4 is 0 Å². The van der Waals surface area contributed by atoms with Crippen LogP contribution in [0, 0.1) is 0 Å². The molecule has 3 N–H and O–H groups in total. The summed E-state index contributed by atoms with van der Waals surface area (Å²) < 4.78 is 13.9. The first-order valence-corrected chi connectivity index (χ1v) is 4.18. The molecule has 0 fully saturated rings. The zero-order valence-electron chi connectivity index (χ0n) is 7.79. The van der Waals surface area contributed by atoms with Gasteiger partial charge in [0.1, 0.15) is 11.4 Å². The van der Waals surface area contributed by atoms with Crippen LogP contribution in [0.4, 0.5) is 4.39 Å². The van der Waals surface area contributed by atoms with Gasteiger partial charge in [-0.15, -0.1) is 0 Å². The summed E-state index contributed by atoms with van der Waals surface area (Å²) in [6, 6.07) is 5.42. The highest BCUT2D eigenvalue weighted by Gasteiger charge is 2.30. The summed E-state index contributed by atoms with van der Waals surface area (Å²) in [6.07, 6.45) is 0. The van der Waals surface area contributed by atoms with Crippen molar-refractivity contribution in [3.05, 3.63) is 29.8 Å². The molecule has 2 nitrogen and oxygen atoms in total. The second-order valence-corrected chi connectivity index (χ2v) is 3.41. The van der Waals surface area contributed by atoms with Crippen molar-refractivity contribution in [3.8, 4) is 5.75 Å². The molecular formula is C10H14FNO. The molecule has 1 rings (SSSR count). The number of rotatable bonds is 2. The van der Waals surface area contributed by atoms with Crippen LogP contribution in [0.3, 0.4) is 0 Å². The van der Waals surface area contributed by atoms with E-state index in [1.165, 1.54) is 19.1 Å². The molecule has 3 heteroatoms. The molecule has 0 aliphatic carbocycles. The van der Waals surface area contributed by atoms with E-state index in [2.05, 4.69) is 0 Å². The van der Waals surface area contributed by atoms with E-state index in [1.807, 2.05) is 0 Å². The number of hydrogen-bond donors (Lipinski definition) is 2. The molecule has 2 unspecified atom stereocenters. The number of halogens is 1. The van der Waals surface area contributed by atoms with Crippen molar-refractivity contribution < 1.29 is 9.50 Å². The molecule has 1 aromatic carbocycles. The van der Waals surface area contributed by atoms with E-state index in [9.17, 15) is 4.39 Å². The fourth-order valence-corrected chi connectivity index (χ4v) is 1.05. The summed E-state index contributed by atoms with van der Waals surface area (Å²) in [5.41, 5.74) is 4.44. The van der Waals surface area contributed by atoms with E-state index >= 15 is 0 Å². The van der Waals surface area contributed by atoms with Gasteiger partial charge >= 0.3 is 0 Å². The minimum absolute atomic E-state index is 0.129. The molecule has 72 valence electrons. The minimum Gasteiger partial charge on any atom is -0.508 e. The van der Waals surface area contributed by atoms with Crippen molar-refractivity contribution in [1.82, 2.24) is 0 Å². The van der Waals surface area contributed by atoms with Crippen molar-refractivity contribution in [2.24, 2.45) is 5.73 Å². The fraction of sp³-hybridized carbons (Fsp3) is 0.400. The van der Waals surface area contributed by atoms with Crippen molar-refractivity contribution in [2.45, 2.75) is 25.6 Å². The molecular weight excluding hydrogens is 169 g/mol. The first-order valence-electron chi connectivity index (χ1n) is 4.18. The molecule has 0 heterocycles. The second-order valence-electron chi connectivity index (χ2n) is 3.41. The van der Waals surface area contributed by atoms with Gasteiger partial charge in [-0.25, -0.2) is 4.39 Å². The summed E-state index contributed by atoms with van der Waals surface area (Å²) in [4.78, 5) is 0. The summed E-state index contributed by atoms with van der Waals surface area (Å²) >= 11 is 0. The Bertz CT molecular complexity index is 279. The molecule has 2 atom stereocenters. The van der Waals surface area contributed by atoms with Gasteiger partial charge in [0.05, 0.1) is 0 Å². The summed E-state index contributed by atoms with van der Waals surface area (Å²) in [5, 5.41) is 9.01. The molecule has 0 bridgehead atoms. The number of alkyl halides is 1. The van der Waals surface area contributed by atoms with E-state index in [0.29, 0.717) is 5.56 Å². The molecule has 0 aliphatic heterocycles. The summed E-state index contributed by atoms with van der Waals surface area (Å²) in [7, 11) is 0. The smallest absolute Gasteiger partial charge is 0.147 e. The lowest BCUT2D eigenvalue weighted by molar-refractivity contribution is 0.158. The van der Waals surface area contributed by atoms with Crippen LogP contribution in [-0.4, -0.2) is 11.1 Å². The maximum Gasteiger partial charge on any atom is 0.147 e. The molecule has 0 amide bonds. The molecule has 0 spiro atoms. The topological polar surface area (TPSA) is 46.2 Å². The fourth-order valence-electron chi connectivity index (χ4n) is 1.05. The lowest BCUT2D eigenvalue weighted by atomic mass is 9.92. The van der Waals surface area contributed by atoms with Gasteiger partial charge in [-0.1, -0.05) is 12.1 Å². The number of phenolic OH excluding ortho intramolecular Hbond substituents is 1. The van der Waals surface area contributed by atoms with E-state index < -0.39 is 11.7 Å². The van der Waals surface area contributed by atoms with Gasteiger partial charge in [0.15, 0.2) is 0 Å². The largest absolute Gasteiger partial charge is 0.508 e. The molecule has 0 saturated heterocycles. The van der Waals surface area contributed by atoms with Gasteiger partial charge in [0.2, 0.25) is 0 Å². The Morgan fingerprint density at radius 3 is 2.23 bits per heavy atom. The third kappa shape index (κ3) is 1.98. The Morgan fingerprint density at radius 1 is 1.38 bits per heavy atom. The molecule has 0 aromatic heterocycles. The predicted octanol–water partition coefficient (Wildman–Crippen LogP) is 1.92. The minimum atomic E-state index is -1.55. The standard InChI is InChI=1S/C10H14FNO/c1-7(12)10(2,11)8-3-5-9(13)6-4-8/h3-7,13H,12H2,1-2H3. The Morgan fingerprint density at radius 2 is 1.85 bits per heavy atom. The Kier molecular flexibility index (Phi) is 2.57. The lowest BCUT2D eigenvalue weighted by Gasteiger charge is -2.24. The van der Waals surface area contributed by atoms with Crippen LogP contribution in [-0.2, 0) is 5.67 Å². The van der Waals surface area contributed by atoms with Crippen LogP contribution in [0.5, 0.6) is 5.75 Å². The highest BCUT2D eigenvalue weighted by molar-refractivity contribution is 5.30. The van der Waals surface area contributed by atoms with Crippen LogP contribution in [0.25, 0.3) is 0 Å². The maximum atomic E-state index is 13.9. The van der Waals surface area contributed by atoms with E-state index in [4.69, 9.17) is 10.8 Å². The molecule has 1 aromatic rings. The lowest BCUT2D eigenvalue weighted by Crippen LogP contribution is -2.36. The Balaban J connectivity index is 3.01. The van der Waals surface area contributed by atoms with Gasteiger partial charge in [0.25, 0.3) is 0 Å². The number of benzene rings is 1. The number of aromatic hydroxyl groups is 1. The quantitative estimate of drug-likeness (QED) is 0.735. The first-order chi connectivity index (χ1) is 5.94. The van der Waals surface area contributed by atoms with Crippen LogP contribution in [0.2, 0.25) is 0 Å². The molecule has 13 heavy (non-hydrogen) atoms. The second kappa shape index (κ2) is 3.34. The van der Waals surface area contributed by atoms with Gasteiger partial charge in [0, 0.05) is 6.04 Å². The highest BCUT2D eigenvalue weighted by Crippen LogP contribution is 2.29. The normalized spacial score (nSPS) is 17.8. The van der Waals surface area contributed by atoms with Gasteiger partial charge in [-0.2, -0.15) is 0 Å². The van der Waals surface area contributed by atoms with Gasteiger partial charge in [-0.3, -0.25) is 0 Å². The van der Waals surface area contributed by atoms with Gasteiger partial charge < -0.3 is 10.8 Å². The van der Waals surface area contributed by atoms with Crippen molar-refractivity contribution in [2.75, 3.05) is 0 Å². The summed E-state index contributed by atoms with van der Waals surface area (Å²) in [6.45, 7) is 3.05. The first kappa shape index (κ1) is 9.99. The molecule has 0 aliphatic rings. The van der Waals surface area contributed by atoms with E-state index in [1.54, 1.807) is 19.1 Å². The number of phenols is 1. The third-order valence-corrected chi connectivity index (χ3v) is 2.29. The third-order valence-electron chi connectivity index (χ3n) is 2.29. The molecule has 0 radical (unpaired) electrons. The number of nitrogens with two attached hydrogens (primary N) is 1. The summed E-state index contributed by atoms with van der Waals surface area (Å²) in [5.74, 6) is 0.129. The highest BCUT2D eigenvalue weighted by atomic mass is 19.1. The SMILES string of the molecule is CC(N)C(C)(F)c1ccc(O)cc1. The van der Waals surface area contributed by atoms with Crippen molar-refractivity contribution in [1.29, 1.82) is 0 Å².